The lowest BCUT2D eigenvalue weighted by Gasteiger charge is -2.05. The van der Waals surface area contributed by atoms with Crippen LogP contribution in [0.2, 0.25) is 0 Å². The summed E-state index contributed by atoms with van der Waals surface area (Å²) in [5.41, 5.74) is 0.834. The van der Waals surface area contributed by atoms with Gasteiger partial charge in [-0.25, -0.2) is 0 Å². The molecule has 3 nitrogen and oxygen atoms in total. The molecule has 0 saturated heterocycles. The molecule has 16 heavy (non-hydrogen) atoms. The lowest BCUT2D eigenvalue weighted by atomic mass is 10.2. The molecule has 1 rings (SSSR count). The van der Waals surface area contributed by atoms with Gasteiger partial charge in [-0.15, -0.1) is 0 Å². The van der Waals surface area contributed by atoms with Crippen LogP contribution in [-0.4, -0.2) is 25.9 Å². The van der Waals surface area contributed by atoms with Gasteiger partial charge in [-0.2, -0.15) is 0 Å². The number of rotatable bonds is 4. The normalized spacial score (nSPS) is 9.19. The minimum absolute atomic E-state index is 0.175. The molecule has 0 radical (unpaired) electrons. The van der Waals surface area contributed by atoms with E-state index < -0.39 is 0 Å². The Morgan fingerprint density at radius 1 is 1.25 bits per heavy atom. The molecule has 1 aromatic carbocycles. The van der Waals surface area contributed by atoms with Crippen LogP contribution in [-0.2, 0) is 0 Å². The van der Waals surface area contributed by atoms with Gasteiger partial charge in [0.05, 0.1) is 19.8 Å². The van der Waals surface area contributed by atoms with E-state index in [1.807, 2.05) is 12.1 Å². The highest BCUT2D eigenvalue weighted by Crippen LogP contribution is 2.23. The van der Waals surface area contributed by atoms with E-state index in [0.717, 1.165) is 11.3 Å². The Morgan fingerprint density at radius 2 is 2.06 bits per heavy atom. The van der Waals surface area contributed by atoms with E-state index in [0.29, 0.717) is 18.6 Å². The number of hydrogen-bond acceptors (Lipinski definition) is 3. The number of benzene rings is 1. The third kappa shape index (κ3) is 3.48. The molecule has 86 valence electrons. The zero-order valence-corrected chi connectivity index (χ0v) is 9.62. The maximum Gasteiger partial charge on any atom is 0.138 e. The maximum absolute atomic E-state index is 8.62. The molecular formula is C13H16O3. The fraction of sp³-hybridized carbons (Fsp3) is 0.385. The molecular weight excluding hydrogens is 204 g/mol. The lowest BCUT2D eigenvalue weighted by molar-refractivity contribution is 0.290. The highest BCUT2D eigenvalue weighted by molar-refractivity contribution is 5.49. The maximum atomic E-state index is 8.62. The minimum Gasteiger partial charge on any atom is -0.497 e. The molecule has 0 aliphatic carbocycles. The molecule has 0 heterocycles. The van der Waals surface area contributed by atoms with Crippen molar-refractivity contribution in [3.63, 3.8) is 0 Å². The fourth-order valence-corrected chi connectivity index (χ4v) is 1.23. The van der Waals surface area contributed by atoms with Gasteiger partial charge in [0.15, 0.2) is 0 Å². The van der Waals surface area contributed by atoms with E-state index in [1.165, 1.54) is 0 Å². The van der Waals surface area contributed by atoms with Crippen LogP contribution in [0, 0.1) is 11.8 Å². The molecule has 0 bridgehead atoms. The summed E-state index contributed by atoms with van der Waals surface area (Å²) < 4.78 is 10.3. The number of hydrogen-bond donors (Lipinski definition) is 1. The average Bonchev–Trinajstić information content (AvgIpc) is 2.34. The summed E-state index contributed by atoms with van der Waals surface area (Å²) in [6.45, 7) is 0.175. The van der Waals surface area contributed by atoms with E-state index in [-0.39, 0.29) is 6.61 Å². The molecule has 1 N–H and O–H groups in total. The first-order valence-corrected chi connectivity index (χ1v) is 5.13. The summed E-state index contributed by atoms with van der Waals surface area (Å²) in [6.07, 6.45) is 1.39. The zero-order chi connectivity index (χ0) is 11.8. The van der Waals surface area contributed by atoms with Gasteiger partial charge in [-0.1, -0.05) is 11.8 Å². The summed E-state index contributed by atoms with van der Waals surface area (Å²) in [5.74, 6) is 7.45. The predicted octanol–water partition coefficient (Wildman–Crippen LogP) is 1.83. The summed E-state index contributed by atoms with van der Waals surface area (Å²) in [4.78, 5) is 0. The molecule has 0 amide bonds. The molecule has 0 atom stereocenters. The predicted molar refractivity (Wildman–Crippen MR) is 62.7 cm³/mol. The van der Waals surface area contributed by atoms with E-state index >= 15 is 0 Å². The molecule has 0 spiro atoms. The second kappa shape index (κ2) is 6.76. The van der Waals surface area contributed by atoms with Crippen LogP contribution in [0.5, 0.6) is 11.5 Å². The topological polar surface area (TPSA) is 38.7 Å². The van der Waals surface area contributed by atoms with E-state index in [9.17, 15) is 0 Å². The van der Waals surface area contributed by atoms with E-state index in [1.54, 1.807) is 20.3 Å². The van der Waals surface area contributed by atoms with Crippen molar-refractivity contribution < 1.29 is 14.6 Å². The van der Waals surface area contributed by atoms with Crippen LogP contribution in [0.3, 0.4) is 0 Å². The van der Waals surface area contributed by atoms with Gasteiger partial charge in [-0.3, -0.25) is 0 Å². The zero-order valence-electron chi connectivity index (χ0n) is 9.62. The van der Waals surface area contributed by atoms with Crippen molar-refractivity contribution in [2.75, 3.05) is 20.8 Å². The molecule has 0 aromatic heterocycles. The summed E-state index contributed by atoms with van der Waals surface area (Å²) >= 11 is 0. The van der Waals surface area contributed by atoms with Gasteiger partial charge in [-0.05, 0) is 18.6 Å². The third-order valence-electron chi connectivity index (χ3n) is 2.09. The van der Waals surface area contributed by atoms with Gasteiger partial charge < -0.3 is 14.6 Å². The highest BCUT2D eigenvalue weighted by atomic mass is 16.5. The Labute approximate surface area is 96.0 Å². The average molecular weight is 220 g/mol. The van der Waals surface area contributed by atoms with Crippen molar-refractivity contribution in [1.82, 2.24) is 0 Å². The summed E-state index contributed by atoms with van der Waals surface area (Å²) in [7, 11) is 3.22. The van der Waals surface area contributed by atoms with Gasteiger partial charge in [0.2, 0.25) is 0 Å². The Bertz CT molecular complexity index is 388. The lowest BCUT2D eigenvalue weighted by Crippen LogP contribution is -1.90. The second-order valence-corrected chi connectivity index (χ2v) is 3.20. The SMILES string of the molecule is COc1ccc(C#CCCCO)c(OC)c1. The molecule has 0 fully saturated rings. The van der Waals surface area contributed by atoms with Gasteiger partial charge in [0, 0.05) is 19.1 Å². The summed E-state index contributed by atoms with van der Waals surface area (Å²) in [5, 5.41) is 8.62. The Kier molecular flexibility index (Phi) is 5.24. The van der Waals surface area contributed by atoms with Crippen molar-refractivity contribution >= 4 is 0 Å². The number of methoxy groups -OCH3 is 2. The van der Waals surface area contributed by atoms with Crippen LogP contribution < -0.4 is 9.47 Å². The smallest absolute Gasteiger partial charge is 0.138 e. The van der Waals surface area contributed by atoms with Crippen LogP contribution in [0.1, 0.15) is 18.4 Å². The second-order valence-electron chi connectivity index (χ2n) is 3.20. The molecule has 0 aliphatic heterocycles. The first-order valence-electron chi connectivity index (χ1n) is 5.13. The fourth-order valence-electron chi connectivity index (χ4n) is 1.23. The molecule has 0 saturated carbocycles. The molecule has 3 heteroatoms. The van der Waals surface area contributed by atoms with Crippen LogP contribution >= 0.6 is 0 Å². The molecule has 1 aromatic rings. The minimum atomic E-state index is 0.175. The van der Waals surface area contributed by atoms with Crippen LogP contribution in [0.4, 0.5) is 0 Å². The van der Waals surface area contributed by atoms with Gasteiger partial charge in [0.1, 0.15) is 11.5 Å². The number of ether oxygens (including phenoxy) is 2. The monoisotopic (exact) mass is 220 g/mol. The summed E-state index contributed by atoms with van der Waals surface area (Å²) in [6, 6.07) is 5.51. The highest BCUT2D eigenvalue weighted by Gasteiger charge is 2.01. The van der Waals surface area contributed by atoms with Crippen LogP contribution in [0.25, 0.3) is 0 Å². The van der Waals surface area contributed by atoms with Crippen molar-refractivity contribution in [3.8, 4) is 23.3 Å². The van der Waals surface area contributed by atoms with Gasteiger partial charge >= 0.3 is 0 Å². The van der Waals surface area contributed by atoms with Crippen molar-refractivity contribution in [2.45, 2.75) is 12.8 Å². The van der Waals surface area contributed by atoms with E-state index in [2.05, 4.69) is 11.8 Å². The number of unbranched alkanes of at least 4 members (excludes halogenated alkanes) is 1. The standard InChI is InChI=1S/C13H16O3/c1-15-12-8-7-11(13(10-12)16-2)6-4-3-5-9-14/h7-8,10,14H,3,5,9H2,1-2H3. The largest absolute Gasteiger partial charge is 0.497 e. The molecule has 0 aliphatic rings. The first kappa shape index (κ1) is 12.4. The van der Waals surface area contributed by atoms with Crippen molar-refractivity contribution in [3.05, 3.63) is 23.8 Å². The quantitative estimate of drug-likeness (QED) is 0.621. The Morgan fingerprint density at radius 3 is 2.69 bits per heavy atom. The Balaban J connectivity index is 2.81. The van der Waals surface area contributed by atoms with Crippen LogP contribution in [0.15, 0.2) is 18.2 Å². The first-order chi connectivity index (χ1) is 7.81. The van der Waals surface area contributed by atoms with Gasteiger partial charge in [0.25, 0.3) is 0 Å². The van der Waals surface area contributed by atoms with Crippen molar-refractivity contribution in [2.24, 2.45) is 0 Å². The third-order valence-corrected chi connectivity index (χ3v) is 2.09. The molecule has 0 unspecified atom stereocenters. The van der Waals surface area contributed by atoms with Crippen molar-refractivity contribution in [1.29, 1.82) is 0 Å². The number of aliphatic hydroxyl groups excluding tert-OH is 1. The van der Waals surface area contributed by atoms with E-state index in [4.69, 9.17) is 14.6 Å². The number of aliphatic hydroxyl groups is 1. The Hall–Kier alpha value is -1.66.